The average molecular weight is 283 g/mol. The highest BCUT2D eigenvalue weighted by atomic mass is 16.3. The molecule has 0 saturated heterocycles. The Morgan fingerprint density at radius 2 is 2.10 bits per heavy atom. The van der Waals surface area contributed by atoms with Crippen LogP contribution in [0.4, 0.5) is 0 Å². The molecule has 0 fully saturated rings. The van der Waals surface area contributed by atoms with Crippen LogP contribution < -0.4 is 0 Å². The van der Waals surface area contributed by atoms with Gasteiger partial charge in [-0.3, -0.25) is 0 Å². The molecule has 0 saturated carbocycles. The topological polar surface area (TPSA) is 32.0 Å². The van der Waals surface area contributed by atoms with E-state index in [1.807, 2.05) is 12.1 Å². The van der Waals surface area contributed by atoms with E-state index in [-0.39, 0.29) is 6.04 Å². The molecule has 3 rings (SSSR count). The first-order chi connectivity index (χ1) is 10.3. The summed E-state index contributed by atoms with van der Waals surface area (Å²) < 4.78 is 5.14. The van der Waals surface area contributed by atoms with E-state index in [2.05, 4.69) is 48.0 Å². The van der Waals surface area contributed by atoms with E-state index in [1.54, 1.807) is 12.5 Å². The fraction of sp³-hybridized carbons (Fsp3) is 0.353. The average Bonchev–Trinajstić information content (AvgIpc) is 3.17. The van der Waals surface area contributed by atoms with E-state index in [0.717, 1.165) is 25.6 Å². The lowest BCUT2D eigenvalue weighted by Crippen LogP contribution is -2.39. The summed E-state index contributed by atoms with van der Waals surface area (Å²) in [6.45, 7) is 4.91. The summed E-state index contributed by atoms with van der Waals surface area (Å²) in [5.74, 6) is 1.06. The predicted molar refractivity (Wildman–Crippen MR) is 84.0 cm³/mol. The molecular weight excluding hydrogens is 262 g/mol. The van der Waals surface area contributed by atoms with E-state index in [0.29, 0.717) is 0 Å². The van der Waals surface area contributed by atoms with E-state index >= 15 is 0 Å². The van der Waals surface area contributed by atoms with Crippen LogP contribution >= 0.6 is 0 Å². The molecule has 0 N–H and O–H groups in total. The molecule has 1 aromatic carbocycles. The van der Waals surface area contributed by atoms with Crippen LogP contribution in [-0.4, -0.2) is 35.9 Å². The van der Waals surface area contributed by atoms with Gasteiger partial charge in [-0.2, -0.15) is 0 Å². The predicted octanol–water partition coefficient (Wildman–Crippen LogP) is 3.14. The van der Waals surface area contributed by atoms with Crippen molar-refractivity contribution in [3.8, 4) is 0 Å². The quantitative estimate of drug-likeness (QED) is 0.864. The lowest BCUT2D eigenvalue weighted by Gasteiger charge is -2.26. The van der Waals surface area contributed by atoms with Crippen LogP contribution in [-0.2, 0) is 6.54 Å². The largest absolute Gasteiger partial charge is 0.472 e. The Morgan fingerprint density at radius 1 is 1.29 bits per heavy atom. The molecule has 2 aromatic rings. The van der Waals surface area contributed by atoms with Crippen molar-refractivity contribution in [2.75, 3.05) is 20.1 Å². The molecule has 1 unspecified atom stereocenters. The molecule has 1 aromatic heterocycles. The summed E-state index contributed by atoms with van der Waals surface area (Å²) in [7, 11) is 2.09. The molecule has 1 aliphatic rings. The highest BCUT2D eigenvalue weighted by Gasteiger charge is 2.27. The fourth-order valence-electron chi connectivity index (χ4n) is 2.75. The van der Waals surface area contributed by atoms with Gasteiger partial charge in [0.25, 0.3) is 0 Å². The van der Waals surface area contributed by atoms with Crippen LogP contribution in [0, 0.1) is 0 Å². The second-order valence-electron chi connectivity index (χ2n) is 5.38. The van der Waals surface area contributed by atoms with Gasteiger partial charge in [0.15, 0.2) is 5.96 Å². The maximum atomic E-state index is 5.14. The number of nitrogens with zero attached hydrogens (tertiary/aromatic N) is 3. The third-order valence-electron chi connectivity index (χ3n) is 3.85. The van der Waals surface area contributed by atoms with Gasteiger partial charge in [-0.15, -0.1) is 0 Å². The molecule has 110 valence electrons. The number of aliphatic imine (C=N–C) groups is 1. The maximum absolute atomic E-state index is 5.14. The van der Waals surface area contributed by atoms with Crippen LogP contribution in [0.5, 0.6) is 0 Å². The molecule has 1 atom stereocenters. The molecule has 4 nitrogen and oxygen atoms in total. The van der Waals surface area contributed by atoms with E-state index in [4.69, 9.17) is 9.41 Å². The van der Waals surface area contributed by atoms with Crippen molar-refractivity contribution in [1.82, 2.24) is 9.80 Å². The van der Waals surface area contributed by atoms with E-state index < -0.39 is 0 Å². The second kappa shape index (κ2) is 6.04. The normalized spacial score (nSPS) is 17.9. The van der Waals surface area contributed by atoms with Gasteiger partial charge >= 0.3 is 0 Å². The number of rotatable bonds is 4. The zero-order valence-corrected chi connectivity index (χ0v) is 12.6. The van der Waals surface area contributed by atoms with Gasteiger partial charge in [-0.1, -0.05) is 30.3 Å². The molecule has 21 heavy (non-hydrogen) atoms. The molecule has 0 spiro atoms. The van der Waals surface area contributed by atoms with E-state index in [9.17, 15) is 0 Å². The Labute approximate surface area is 125 Å². The van der Waals surface area contributed by atoms with Crippen molar-refractivity contribution in [2.24, 2.45) is 4.99 Å². The van der Waals surface area contributed by atoms with Gasteiger partial charge in [0.05, 0.1) is 18.6 Å². The molecule has 1 aliphatic heterocycles. The Balaban J connectivity index is 1.78. The molecule has 0 bridgehead atoms. The van der Waals surface area contributed by atoms with Gasteiger partial charge in [-0.05, 0) is 18.6 Å². The van der Waals surface area contributed by atoms with Crippen molar-refractivity contribution in [3.63, 3.8) is 0 Å². The smallest absolute Gasteiger partial charge is 0.197 e. The van der Waals surface area contributed by atoms with Crippen LogP contribution in [0.25, 0.3) is 0 Å². The van der Waals surface area contributed by atoms with Crippen LogP contribution in [0.2, 0.25) is 0 Å². The van der Waals surface area contributed by atoms with Crippen molar-refractivity contribution >= 4 is 5.96 Å². The first kappa shape index (κ1) is 13.7. The van der Waals surface area contributed by atoms with Gasteiger partial charge < -0.3 is 14.2 Å². The summed E-state index contributed by atoms with van der Waals surface area (Å²) in [5, 5.41) is 0. The summed E-state index contributed by atoms with van der Waals surface area (Å²) >= 11 is 0. The second-order valence-corrected chi connectivity index (χ2v) is 5.38. The third-order valence-corrected chi connectivity index (χ3v) is 3.85. The number of guanidine groups is 1. The number of hydrogen-bond acceptors (Lipinski definition) is 4. The van der Waals surface area contributed by atoms with Crippen LogP contribution in [0.3, 0.4) is 0 Å². The minimum atomic E-state index is 0.230. The summed E-state index contributed by atoms with van der Waals surface area (Å²) in [5.41, 5.74) is 2.45. The number of hydrogen-bond donors (Lipinski definition) is 0. The van der Waals surface area contributed by atoms with Crippen LogP contribution in [0.15, 0.2) is 58.3 Å². The van der Waals surface area contributed by atoms with Gasteiger partial charge in [0, 0.05) is 32.2 Å². The Bertz CT molecular complexity index is 592. The lowest BCUT2D eigenvalue weighted by molar-refractivity contribution is 0.372. The van der Waals surface area contributed by atoms with Crippen molar-refractivity contribution in [3.05, 3.63) is 60.1 Å². The minimum absolute atomic E-state index is 0.230. The number of likely N-dealkylation sites (N-methyl/N-ethyl adjacent to an activating group) is 1. The highest BCUT2D eigenvalue weighted by molar-refractivity contribution is 5.82. The van der Waals surface area contributed by atoms with Crippen LogP contribution in [0.1, 0.15) is 24.1 Å². The van der Waals surface area contributed by atoms with E-state index in [1.165, 1.54) is 11.1 Å². The summed E-state index contributed by atoms with van der Waals surface area (Å²) in [4.78, 5) is 9.45. The number of furan rings is 1. The SMILES string of the molecule is CCN1CC(c2ccccc2)N=C1N(C)Cc1ccoc1. The third kappa shape index (κ3) is 2.94. The van der Waals surface area contributed by atoms with Gasteiger partial charge in [0.1, 0.15) is 0 Å². The molecule has 2 heterocycles. The standard InChI is InChI=1S/C17H21N3O/c1-3-20-12-16(15-7-5-4-6-8-15)18-17(20)19(2)11-14-9-10-21-13-14/h4-10,13,16H,3,11-12H2,1-2H3. The molecular formula is C17H21N3O. The first-order valence-electron chi connectivity index (χ1n) is 7.38. The van der Waals surface area contributed by atoms with Gasteiger partial charge in [-0.25, -0.2) is 4.99 Å². The molecule has 0 radical (unpaired) electrons. The number of benzene rings is 1. The monoisotopic (exact) mass is 283 g/mol. The van der Waals surface area contributed by atoms with Gasteiger partial charge in [0.2, 0.25) is 0 Å². The van der Waals surface area contributed by atoms with Crippen molar-refractivity contribution < 1.29 is 4.42 Å². The summed E-state index contributed by atoms with van der Waals surface area (Å²) in [6.07, 6.45) is 3.50. The minimum Gasteiger partial charge on any atom is -0.472 e. The Hall–Kier alpha value is -2.23. The zero-order chi connectivity index (χ0) is 14.7. The summed E-state index contributed by atoms with van der Waals surface area (Å²) in [6, 6.07) is 12.7. The zero-order valence-electron chi connectivity index (χ0n) is 12.6. The first-order valence-corrected chi connectivity index (χ1v) is 7.38. The van der Waals surface area contributed by atoms with Crippen molar-refractivity contribution in [1.29, 1.82) is 0 Å². The fourth-order valence-corrected chi connectivity index (χ4v) is 2.75. The highest BCUT2D eigenvalue weighted by Crippen LogP contribution is 2.25. The Kier molecular flexibility index (Phi) is 3.95. The molecule has 0 amide bonds. The molecule has 0 aliphatic carbocycles. The lowest BCUT2D eigenvalue weighted by atomic mass is 10.1. The molecule has 4 heteroatoms. The maximum Gasteiger partial charge on any atom is 0.197 e. The Morgan fingerprint density at radius 3 is 2.76 bits per heavy atom. The van der Waals surface area contributed by atoms with Crippen molar-refractivity contribution in [2.45, 2.75) is 19.5 Å².